The number of carbonyl (C=O) groups is 1. The maximum Gasteiger partial charge on any atom is 0.262 e. The molecule has 10 nitrogen and oxygen atoms in total. The number of rotatable bonds is 7. The molecule has 2 N–H and O–H groups in total. The van der Waals surface area contributed by atoms with Gasteiger partial charge < -0.3 is 24.8 Å². The number of halogens is 1. The van der Waals surface area contributed by atoms with Gasteiger partial charge in [0.25, 0.3) is 11.8 Å². The Morgan fingerprint density at radius 2 is 2.08 bits per heavy atom. The van der Waals surface area contributed by atoms with Gasteiger partial charge in [-0.1, -0.05) is 0 Å². The summed E-state index contributed by atoms with van der Waals surface area (Å²) in [7, 11) is 1.54. The molecule has 188 valence electrons. The predicted molar refractivity (Wildman–Crippen MR) is 127 cm³/mol. The van der Waals surface area contributed by atoms with Gasteiger partial charge >= 0.3 is 0 Å². The van der Waals surface area contributed by atoms with Gasteiger partial charge in [0.2, 0.25) is 5.88 Å². The summed E-state index contributed by atoms with van der Waals surface area (Å²) in [5.74, 6) is 0.226. The van der Waals surface area contributed by atoms with Gasteiger partial charge in [0.15, 0.2) is 6.61 Å². The Balaban J connectivity index is 1.10. The van der Waals surface area contributed by atoms with Gasteiger partial charge in [-0.3, -0.25) is 9.78 Å². The summed E-state index contributed by atoms with van der Waals surface area (Å²) in [5.41, 5.74) is 2.61. The zero-order valence-corrected chi connectivity index (χ0v) is 20.0. The Hall–Kier alpha value is -3.44. The number of nitrogens with zero attached hydrogens (tertiary/aromatic N) is 4. The normalized spacial score (nSPS) is 24.8. The lowest BCUT2D eigenvalue weighted by Gasteiger charge is -2.53. The molecule has 0 atom stereocenters. The van der Waals surface area contributed by atoms with E-state index in [4.69, 9.17) is 14.2 Å². The van der Waals surface area contributed by atoms with Gasteiger partial charge in [-0.2, -0.15) is 5.10 Å². The third kappa shape index (κ3) is 4.22. The second kappa shape index (κ2) is 8.90. The molecule has 0 unspecified atom stereocenters. The number of fused-ring (bicyclic) bond motifs is 5. The van der Waals surface area contributed by atoms with E-state index in [2.05, 4.69) is 30.8 Å². The first kappa shape index (κ1) is 23.0. The molecule has 0 spiro atoms. The summed E-state index contributed by atoms with van der Waals surface area (Å²) >= 11 is 0. The second-order valence-corrected chi connectivity index (χ2v) is 9.80. The molecule has 7 rings (SSSR count). The first-order valence-electron chi connectivity index (χ1n) is 12.1. The van der Waals surface area contributed by atoms with Crippen LogP contribution in [0.4, 0.5) is 10.1 Å². The van der Waals surface area contributed by atoms with Crippen LogP contribution in [0.25, 0.3) is 11.0 Å². The molecule has 11 heteroatoms. The molecule has 3 aromatic heterocycles. The third-order valence-corrected chi connectivity index (χ3v) is 7.62. The number of amides is 1. The molecule has 36 heavy (non-hydrogen) atoms. The monoisotopic (exact) mass is 494 g/mol. The van der Waals surface area contributed by atoms with Crippen molar-refractivity contribution in [3.63, 3.8) is 0 Å². The summed E-state index contributed by atoms with van der Waals surface area (Å²) < 4.78 is 31.7. The molecule has 1 amide bonds. The fraction of sp³-hybridized carbons (Fsp3) is 0.480. The number of pyridine rings is 2. The van der Waals surface area contributed by atoms with Crippen LogP contribution >= 0.6 is 0 Å². The van der Waals surface area contributed by atoms with Crippen molar-refractivity contribution in [3.05, 3.63) is 41.5 Å². The minimum atomic E-state index is -0.352. The summed E-state index contributed by atoms with van der Waals surface area (Å²) in [4.78, 5) is 20.2. The standard InChI is InChI=1S/C25H27FN6O4/c1-34-21-3-2-18-22(30-21)16(17(26)12-27-18)4-5-25-8-6-24(7-9-25,14-36-25)28-11-15-10-19-23(32-31-15)35-13-20(33)29-19/h2-3,10,12,28H,4-9,11,13-14H2,1H3,(H,29,33). The Bertz CT molecular complexity index is 1310. The number of hydrogen-bond donors (Lipinski definition) is 2. The van der Waals surface area contributed by atoms with Crippen molar-refractivity contribution >= 4 is 22.6 Å². The van der Waals surface area contributed by atoms with E-state index in [-0.39, 0.29) is 29.5 Å². The Morgan fingerprint density at radius 1 is 1.22 bits per heavy atom. The van der Waals surface area contributed by atoms with Crippen molar-refractivity contribution in [1.82, 2.24) is 25.5 Å². The molecule has 3 aromatic rings. The van der Waals surface area contributed by atoms with E-state index in [1.165, 1.54) is 6.20 Å². The molecule has 0 radical (unpaired) electrons. The van der Waals surface area contributed by atoms with E-state index in [0.29, 0.717) is 60.0 Å². The van der Waals surface area contributed by atoms with Gasteiger partial charge in [-0.25, -0.2) is 9.37 Å². The van der Waals surface area contributed by atoms with Crippen LogP contribution in [0.1, 0.15) is 43.4 Å². The van der Waals surface area contributed by atoms with E-state index in [1.807, 2.05) is 0 Å². The number of carbonyl (C=O) groups excluding carboxylic acids is 1. The number of methoxy groups -OCH3 is 1. The van der Waals surface area contributed by atoms with Crippen LogP contribution in [0, 0.1) is 5.82 Å². The van der Waals surface area contributed by atoms with E-state index in [1.54, 1.807) is 25.3 Å². The molecule has 2 saturated heterocycles. The zero-order valence-electron chi connectivity index (χ0n) is 20.0. The van der Waals surface area contributed by atoms with E-state index >= 15 is 0 Å². The van der Waals surface area contributed by atoms with Crippen LogP contribution in [-0.2, 0) is 22.5 Å². The van der Waals surface area contributed by atoms with Crippen molar-refractivity contribution in [3.8, 4) is 11.8 Å². The van der Waals surface area contributed by atoms with Crippen molar-refractivity contribution < 1.29 is 23.4 Å². The number of ether oxygens (including phenoxy) is 3. The number of nitrogens with one attached hydrogen (secondary N) is 2. The lowest BCUT2D eigenvalue weighted by atomic mass is 9.69. The van der Waals surface area contributed by atoms with Crippen molar-refractivity contribution in [2.75, 3.05) is 25.6 Å². The zero-order chi connectivity index (χ0) is 24.8. The second-order valence-electron chi connectivity index (χ2n) is 9.80. The number of aryl methyl sites for hydroxylation is 1. The van der Waals surface area contributed by atoms with Crippen LogP contribution in [0.2, 0.25) is 0 Å². The fourth-order valence-corrected chi connectivity index (χ4v) is 5.40. The van der Waals surface area contributed by atoms with Crippen LogP contribution in [-0.4, -0.2) is 57.5 Å². The highest BCUT2D eigenvalue weighted by Crippen LogP contribution is 2.46. The number of hydrogen-bond acceptors (Lipinski definition) is 9. The Labute approximate surface area is 207 Å². The summed E-state index contributed by atoms with van der Waals surface area (Å²) in [6, 6.07) is 5.32. The number of anilines is 1. The molecular formula is C25H27FN6O4. The predicted octanol–water partition coefficient (Wildman–Crippen LogP) is 2.70. The maximum atomic E-state index is 14.8. The summed E-state index contributed by atoms with van der Waals surface area (Å²) in [5, 5.41) is 14.7. The van der Waals surface area contributed by atoms with Gasteiger partial charge in [-0.15, -0.1) is 5.10 Å². The van der Waals surface area contributed by atoms with Crippen LogP contribution in [0.5, 0.6) is 11.8 Å². The summed E-state index contributed by atoms with van der Waals surface area (Å²) in [6.07, 6.45) is 6.19. The minimum absolute atomic E-state index is 0.0454. The SMILES string of the molecule is COc1ccc2ncc(F)c(CCC34CCC(NCc5cc6c(nn5)OCC(=O)N6)(CC3)CO4)c2n1. The molecule has 3 fully saturated rings. The van der Waals surface area contributed by atoms with E-state index in [9.17, 15) is 9.18 Å². The van der Waals surface area contributed by atoms with Gasteiger partial charge in [-0.05, 0) is 50.7 Å². The van der Waals surface area contributed by atoms with E-state index in [0.717, 1.165) is 31.4 Å². The molecule has 1 saturated carbocycles. The molecule has 6 heterocycles. The van der Waals surface area contributed by atoms with Gasteiger partial charge in [0.1, 0.15) is 11.5 Å². The van der Waals surface area contributed by atoms with Crippen molar-refractivity contribution in [1.29, 1.82) is 0 Å². The first-order valence-corrected chi connectivity index (χ1v) is 12.1. The molecule has 4 aliphatic rings. The smallest absolute Gasteiger partial charge is 0.262 e. The fourth-order valence-electron chi connectivity index (χ4n) is 5.40. The molecular weight excluding hydrogens is 467 g/mol. The molecule has 0 aromatic carbocycles. The molecule has 1 aliphatic carbocycles. The highest BCUT2D eigenvalue weighted by Gasteiger charge is 2.49. The topological polar surface area (TPSA) is 120 Å². The lowest BCUT2D eigenvalue weighted by Crippen LogP contribution is -2.61. The number of aromatic nitrogens is 4. The van der Waals surface area contributed by atoms with Crippen molar-refractivity contribution in [2.45, 2.75) is 56.2 Å². The minimum Gasteiger partial charge on any atom is -0.481 e. The third-order valence-electron chi connectivity index (χ3n) is 7.62. The molecule has 2 bridgehead atoms. The largest absolute Gasteiger partial charge is 0.481 e. The molecule has 3 aliphatic heterocycles. The van der Waals surface area contributed by atoms with E-state index < -0.39 is 0 Å². The lowest BCUT2D eigenvalue weighted by molar-refractivity contribution is -0.165. The average molecular weight is 495 g/mol. The van der Waals surface area contributed by atoms with Crippen LogP contribution in [0.3, 0.4) is 0 Å². The van der Waals surface area contributed by atoms with Gasteiger partial charge in [0, 0.05) is 23.7 Å². The average Bonchev–Trinajstić information content (AvgIpc) is 2.92. The summed E-state index contributed by atoms with van der Waals surface area (Å²) in [6.45, 7) is 1.04. The van der Waals surface area contributed by atoms with Crippen LogP contribution < -0.4 is 20.1 Å². The maximum absolute atomic E-state index is 14.8. The van der Waals surface area contributed by atoms with Crippen LogP contribution in [0.15, 0.2) is 24.4 Å². The van der Waals surface area contributed by atoms with Crippen molar-refractivity contribution in [2.24, 2.45) is 0 Å². The Kier molecular flexibility index (Phi) is 5.68. The highest BCUT2D eigenvalue weighted by atomic mass is 19.1. The Morgan fingerprint density at radius 3 is 2.86 bits per heavy atom. The quantitative estimate of drug-likeness (QED) is 0.511. The highest BCUT2D eigenvalue weighted by molar-refractivity contribution is 5.94. The van der Waals surface area contributed by atoms with Gasteiger partial charge in [0.05, 0.1) is 42.2 Å². The first-order chi connectivity index (χ1) is 17.5.